The molecule has 0 fully saturated rings. The van der Waals surface area contributed by atoms with Crippen LogP contribution >= 0.6 is 0 Å². The second-order valence-electron chi connectivity index (χ2n) is 7.48. The van der Waals surface area contributed by atoms with Gasteiger partial charge in [-0.2, -0.15) is 0 Å². The van der Waals surface area contributed by atoms with Gasteiger partial charge in [0, 0.05) is 17.2 Å². The van der Waals surface area contributed by atoms with Crippen LogP contribution in [0.2, 0.25) is 0 Å². The van der Waals surface area contributed by atoms with Crippen LogP contribution in [-0.2, 0) is 19.3 Å². The highest BCUT2D eigenvalue weighted by Crippen LogP contribution is 2.39. The fourth-order valence-corrected chi connectivity index (χ4v) is 3.89. The molecular formula is C24H32FN3O. The molecule has 0 amide bonds. The van der Waals surface area contributed by atoms with Crippen molar-refractivity contribution in [3.8, 4) is 17.0 Å². The second-order valence-corrected chi connectivity index (χ2v) is 7.48. The number of methoxy groups -OCH3 is 1. The summed E-state index contributed by atoms with van der Waals surface area (Å²) in [5, 5.41) is 3.57. The zero-order valence-electron chi connectivity index (χ0n) is 18.2. The Balaban J connectivity index is 2.14. The molecule has 0 saturated carbocycles. The molecule has 1 aliphatic carbocycles. The Kier molecular flexibility index (Phi) is 6.88. The van der Waals surface area contributed by atoms with E-state index in [1.54, 1.807) is 19.3 Å². The monoisotopic (exact) mass is 397 g/mol. The van der Waals surface area contributed by atoms with Crippen molar-refractivity contribution in [3.63, 3.8) is 0 Å². The van der Waals surface area contributed by atoms with Crippen LogP contribution in [-0.4, -0.2) is 23.1 Å². The predicted octanol–water partition coefficient (Wildman–Crippen LogP) is 6.13. The Morgan fingerprint density at radius 1 is 1.03 bits per heavy atom. The summed E-state index contributed by atoms with van der Waals surface area (Å²) in [4.78, 5) is 9.98. The van der Waals surface area contributed by atoms with Crippen LogP contribution in [0.4, 0.5) is 10.2 Å². The first-order chi connectivity index (χ1) is 14.1. The van der Waals surface area contributed by atoms with Crippen molar-refractivity contribution in [2.45, 2.75) is 72.3 Å². The Bertz CT molecular complexity index is 903. The maximum atomic E-state index is 14.3. The van der Waals surface area contributed by atoms with Crippen molar-refractivity contribution in [2.24, 2.45) is 0 Å². The average Bonchev–Trinajstić information content (AvgIpc) is 2.76. The number of hydrogen-bond acceptors (Lipinski definition) is 4. The number of rotatable bonds is 8. The van der Waals surface area contributed by atoms with Gasteiger partial charge in [-0.05, 0) is 62.3 Å². The fraction of sp³-hybridized carbons (Fsp3) is 0.500. The van der Waals surface area contributed by atoms with Crippen LogP contribution in [0, 0.1) is 0 Å². The highest BCUT2D eigenvalue weighted by Gasteiger charge is 2.22. The van der Waals surface area contributed by atoms with Gasteiger partial charge in [-0.25, -0.2) is 14.4 Å². The molecule has 0 saturated heterocycles. The van der Waals surface area contributed by atoms with Crippen molar-refractivity contribution in [1.82, 2.24) is 9.97 Å². The van der Waals surface area contributed by atoms with Crippen molar-refractivity contribution in [1.29, 1.82) is 0 Å². The quantitative estimate of drug-likeness (QED) is 0.582. The van der Waals surface area contributed by atoms with Crippen molar-refractivity contribution < 1.29 is 9.13 Å². The van der Waals surface area contributed by atoms with E-state index < -0.39 is 0 Å². The van der Waals surface area contributed by atoms with Gasteiger partial charge in [0.1, 0.15) is 17.4 Å². The second kappa shape index (κ2) is 9.38. The number of anilines is 1. The number of ether oxygens (including phenoxy) is 1. The summed E-state index contributed by atoms with van der Waals surface area (Å²) in [7, 11) is 1.62. The third-order valence-electron chi connectivity index (χ3n) is 5.71. The lowest BCUT2D eigenvalue weighted by atomic mass is 9.92. The molecule has 0 radical (unpaired) electrons. The summed E-state index contributed by atoms with van der Waals surface area (Å²) < 4.78 is 19.9. The highest BCUT2D eigenvalue weighted by atomic mass is 19.1. The van der Waals surface area contributed by atoms with Crippen molar-refractivity contribution in [3.05, 3.63) is 40.7 Å². The minimum atomic E-state index is -0.170. The van der Waals surface area contributed by atoms with E-state index in [-0.39, 0.29) is 5.83 Å². The Morgan fingerprint density at radius 3 is 2.38 bits per heavy atom. The van der Waals surface area contributed by atoms with Gasteiger partial charge in [0.05, 0.1) is 24.2 Å². The van der Waals surface area contributed by atoms with Crippen molar-refractivity contribution in [2.75, 3.05) is 12.4 Å². The van der Waals surface area contributed by atoms with E-state index >= 15 is 0 Å². The summed E-state index contributed by atoms with van der Waals surface area (Å²) in [6, 6.07) is 4.23. The largest absolute Gasteiger partial charge is 0.496 e. The molecule has 4 nitrogen and oxygen atoms in total. The molecule has 1 aromatic carbocycles. The number of hydrogen-bond donors (Lipinski definition) is 1. The molecule has 1 N–H and O–H groups in total. The highest BCUT2D eigenvalue weighted by molar-refractivity contribution is 5.77. The van der Waals surface area contributed by atoms with Crippen LogP contribution in [0.15, 0.2) is 18.2 Å². The van der Waals surface area contributed by atoms with Crippen LogP contribution in [0.1, 0.15) is 69.5 Å². The van der Waals surface area contributed by atoms with E-state index in [9.17, 15) is 4.39 Å². The molecule has 1 heterocycles. The zero-order chi connectivity index (χ0) is 21.0. The average molecular weight is 398 g/mol. The normalized spacial score (nSPS) is 13.3. The molecule has 0 unspecified atom stereocenters. The number of nitrogens with one attached hydrogen (secondary N) is 1. The molecule has 0 aliphatic heterocycles. The summed E-state index contributed by atoms with van der Waals surface area (Å²) in [6.07, 6.45) is 6.82. The molecule has 156 valence electrons. The number of fused-ring (bicyclic) bond motifs is 1. The first-order valence-electron chi connectivity index (χ1n) is 10.8. The van der Waals surface area contributed by atoms with Gasteiger partial charge in [-0.1, -0.05) is 27.7 Å². The van der Waals surface area contributed by atoms with E-state index in [0.717, 1.165) is 72.6 Å². The molecule has 1 aromatic heterocycles. The van der Waals surface area contributed by atoms with Gasteiger partial charge in [0.15, 0.2) is 0 Å². The first-order valence-corrected chi connectivity index (χ1v) is 10.8. The fourth-order valence-electron chi connectivity index (χ4n) is 3.89. The van der Waals surface area contributed by atoms with Gasteiger partial charge >= 0.3 is 0 Å². The Hall–Kier alpha value is -2.43. The van der Waals surface area contributed by atoms with Gasteiger partial charge in [-0.3, -0.25) is 0 Å². The van der Waals surface area contributed by atoms with Crippen LogP contribution in [0.5, 0.6) is 5.75 Å². The van der Waals surface area contributed by atoms with Gasteiger partial charge < -0.3 is 10.1 Å². The summed E-state index contributed by atoms with van der Waals surface area (Å²) in [6.45, 7) is 8.55. The molecule has 0 bridgehead atoms. The zero-order valence-corrected chi connectivity index (χ0v) is 18.2. The lowest BCUT2D eigenvalue weighted by Gasteiger charge is -2.21. The number of benzene rings is 1. The minimum absolute atomic E-state index is 0.170. The maximum Gasteiger partial charge on any atom is 0.148 e. The molecule has 3 rings (SSSR count). The SMILES string of the molecule is CCc1nc(-c2cc3c(cc2OC)C(F)=CCC3)c(CC)nc1NC(CC)CC. The lowest BCUT2D eigenvalue weighted by molar-refractivity contribution is 0.415. The summed E-state index contributed by atoms with van der Waals surface area (Å²) in [5.41, 5.74) is 5.26. The lowest BCUT2D eigenvalue weighted by Crippen LogP contribution is -2.20. The number of aromatic nitrogens is 2. The topological polar surface area (TPSA) is 47.0 Å². The number of nitrogens with zero attached hydrogens (tertiary/aromatic N) is 2. The van der Waals surface area contributed by atoms with E-state index in [4.69, 9.17) is 14.7 Å². The Labute approximate surface area is 173 Å². The number of aryl methyl sites for hydroxylation is 3. The van der Waals surface area contributed by atoms with Crippen LogP contribution < -0.4 is 10.1 Å². The van der Waals surface area contributed by atoms with Crippen molar-refractivity contribution >= 4 is 11.6 Å². The Morgan fingerprint density at radius 2 is 1.76 bits per heavy atom. The van der Waals surface area contributed by atoms with E-state index in [1.165, 1.54) is 0 Å². The smallest absolute Gasteiger partial charge is 0.148 e. The molecule has 2 aromatic rings. The van der Waals surface area contributed by atoms with Crippen LogP contribution in [0.25, 0.3) is 17.1 Å². The van der Waals surface area contributed by atoms with Crippen LogP contribution in [0.3, 0.4) is 0 Å². The molecule has 5 heteroatoms. The summed E-state index contributed by atoms with van der Waals surface area (Å²) >= 11 is 0. The first kappa shape index (κ1) is 21.3. The maximum absolute atomic E-state index is 14.3. The van der Waals surface area contributed by atoms with Gasteiger partial charge in [0.2, 0.25) is 0 Å². The minimum Gasteiger partial charge on any atom is -0.496 e. The van der Waals surface area contributed by atoms with E-state index in [0.29, 0.717) is 17.4 Å². The molecule has 0 atom stereocenters. The number of halogens is 1. The third kappa shape index (κ3) is 4.29. The number of allylic oxidation sites excluding steroid dienone is 1. The summed E-state index contributed by atoms with van der Waals surface area (Å²) in [5.74, 6) is 1.35. The molecule has 0 spiro atoms. The van der Waals surface area contributed by atoms with Gasteiger partial charge in [0.25, 0.3) is 0 Å². The van der Waals surface area contributed by atoms with E-state index in [2.05, 4.69) is 33.0 Å². The molecule has 1 aliphatic rings. The third-order valence-corrected chi connectivity index (χ3v) is 5.71. The standard InChI is InChI=1S/C24H32FN3O/c1-6-16(7-2)26-24-21(9-4)27-23(20(8-3)28-24)18-13-15-11-10-12-19(25)17(15)14-22(18)29-5/h12-14,16H,6-11H2,1-5H3,(H,26,28). The van der Waals surface area contributed by atoms with E-state index in [1.807, 2.05) is 6.07 Å². The molecule has 29 heavy (non-hydrogen) atoms. The van der Waals surface area contributed by atoms with Gasteiger partial charge in [-0.15, -0.1) is 0 Å². The molecular weight excluding hydrogens is 365 g/mol. The predicted molar refractivity (Wildman–Crippen MR) is 118 cm³/mol.